The minimum atomic E-state index is -3.22. The number of nitrogen functional groups attached to an aromatic ring is 1. The fraction of sp³-hybridized carbons (Fsp3) is 0.600. The van der Waals surface area contributed by atoms with Crippen LogP contribution in [0.3, 0.4) is 0 Å². The summed E-state index contributed by atoms with van der Waals surface area (Å²) in [5.74, 6) is 0.455. The quantitative estimate of drug-likeness (QED) is 0.814. The summed E-state index contributed by atoms with van der Waals surface area (Å²) in [6, 6.07) is 0. The molecule has 0 radical (unpaired) electrons. The van der Waals surface area contributed by atoms with E-state index in [-0.39, 0.29) is 0 Å². The van der Waals surface area contributed by atoms with Crippen LogP contribution in [0.2, 0.25) is 0 Å². The molecule has 0 aliphatic carbocycles. The molecule has 0 spiro atoms. The first kappa shape index (κ1) is 12.3. The molecule has 0 unspecified atom stereocenters. The molecule has 0 bridgehead atoms. The Bertz CT molecular complexity index is 527. The summed E-state index contributed by atoms with van der Waals surface area (Å²) >= 11 is 0. The van der Waals surface area contributed by atoms with Gasteiger partial charge in [-0.25, -0.2) is 18.4 Å². The molecule has 0 amide bonds. The van der Waals surface area contributed by atoms with E-state index in [2.05, 4.69) is 9.97 Å². The van der Waals surface area contributed by atoms with E-state index < -0.39 is 15.3 Å². The molecule has 0 saturated carbocycles. The van der Waals surface area contributed by atoms with E-state index >= 15 is 0 Å². The van der Waals surface area contributed by atoms with Gasteiger partial charge in [-0.15, -0.1) is 0 Å². The molecule has 2 N–H and O–H groups in total. The zero-order chi connectivity index (χ0) is 12.6. The predicted molar refractivity (Wildman–Crippen MR) is 64.6 cm³/mol. The Morgan fingerprint density at radius 3 is 2.76 bits per heavy atom. The Labute approximate surface area is 101 Å². The average Bonchev–Trinajstić information content (AvgIpc) is 2.28. The number of anilines is 1. The molecule has 0 saturated heterocycles. The number of sulfonamides is 1. The number of fused-ring (bicyclic) bond motifs is 1. The van der Waals surface area contributed by atoms with Crippen molar-refractivity contribution in [2.24, 2.45) is 0 Å². The monoisotopic (exact) mass is 256 g/mol. The maximum absolute atomic E-state index is 12.0. The van der Waals surface area contributed by atoms with Gasteiger partial charge in [0.25, 0.3) is 0 Å². The van der Waals surface area contributed by atoms with Crippen LogP contribution in [0.4, 0.5) is 5.82 Å². The third kappa shape index (κ3) is 2.12. The van der Waals surface area contributed by atoms with Crippen LogP contribution in [0.15, 0.2) is 6.33 Å². The molecule has 1 aliphatic rings. The molecule has 0 fully saturated rings. The fourth-order valence-corrected chi connectivity index (χ4v) is 3.12. The van der Waals surface area contributed by atoms with Crippen LogP contribution in [0.5, 0.6) is 0 Å². The summed E-state index contributed by atoms with van der Waals surface area (Å²) in [5.41, 5.74) is 7.33. The van der Waals surface area contributed by atoms with Crippen molar-refractivity contribution < 1.29 is 8.42 Å². The summed E-state index contributed by atoms with van der Waals surface area (Å²) in [7, 11) is -3.22. The third-order valence-corrected chi connectivity index (χ3v) is 5.18. The van der Waals surface area contributed by atoms with Gasteiger partial charge in [-0.05, 0) is 20.3 Å². The number of hydrogen-bond donors (Lipinski definition) is 1. The van der Waals surface area contributed by atoms with Crippen molar-refractivity contribution in [2.45, 2.75) is 32.1 Å². The summed E-state index contributed by atoms with van der Waals surface area (Å²) in [6.07, 6.45) is 1.95. The molecule has 1 aromatic rings. The first-order valence-electron chi connectivity index (χ1n) is 5.50. The lowest BCUT2D eigenvalue weighted by Gasteiger charge is -2.28. The van der Waals surface area contributed by atoms with Crippen LogP contribution in [0.1, 0.15) is 25.1 Å². The standard InChI is InChI=1S/C10H16N4O2S/c1-7(2)17(15,16)14-4-3-8-9(5-14)12-6-13-10(8)11/h6-7H,3-5H2,1-2H3,(H2,11,12,13). The van der Waals surface area contributed by atoms with Gasteiger partial charge in [0.05, 0.1) is 17.5 Å². The average molecular weight is 256 g/mol. The molecule has 1 aliphatic heterocycles. The normalized spacial score (nSPS) is 17.1. The largest absolute Gasteiger partial charge is 0.383 e. The highest BCUT2D eigenvalue weighted by Gasteiger charge is 2.30. The number of aromatic nitrogens is 2. The predicted octanol–water partition coefficient (Wildman–Crippen LogP) is 0.155. The van der Waals surface area contributed by atoms with E-state index in [1.54, 1.807) is 13.8 Å². The second kappa shape index (κ2) is 4.23. The number of rotatable bonds is 2. The molecule has 17 heavy (non-hydrogen) atoms. The van der Waals surface area contributed by atoms with Gasteiger partial charge in [0.15, 0.2) is 0 Å². The van der Waals surface area contributed by atoms with Crippen LogP contribution >= 0.6 is 0 Å². The molecule has 7 heteroatoms. The Hall–Kier alpha value is -1.21. The van der Waals surface area contributed by atoms with Crippen molar-refractivity contribution in [3.8, 4) is 0 Å². The van der Waals surface area contributed by atoms with Crippen molar-refractivity contribution in [3.63, 3.8) is 0 Å². The van der Waals surface area contributed by atoms with Crippen molar-refractivity contribution in [1.82, 2.24) is 14.3 Å². The van der Waals surface area contributed by atoms with Gasteiger partial charge in [0.2, 0.25) is 10.0 Å². The SMILES string of the molecule is CC(C)S(=O)(=O)N1CCc2c(N)ncnc2C1. The Morgan fingerprint density at radius 1 is 1.41 bits per heavy atom. The van der Waals surface area contributed by atoms with Gasteiger partial charge in [0, 0.05) is 12.1 Å². The fourth-order valence-electron chi connectivity index (χ4n) is 1.87. The summed E-state index contributed by atoms with van der Waals surface area (Å²) in [5, 5.41) is -0.414. The van der Waals surface area contributed by atoms with E-state index in [1.807, 2.05) is 0 Å². The molecule has 2 heterocycles. The molecule has 94 valence electrons. The van der Waals surface area contributed by atoms with Gasteiger partial charge in [-0.1, -0.05) is 0 Å². The molecule has 1 aromatic heterocycles. The van der Waals surface area contributed by atoms with E-state index in [4.69, 9.17) is 5.73 Å². The van der Waals surface area contributed by atoms with Crippen LogP contribution < -0.4 is 5.73 Å². The van der Waals surface area contributed by atoms with E-state index in [1.165, 1.54) is 10.6 Å². The maximum atomic E-state index is 12.0. The van der Waals surface area contributed by atoms with Crippen LogP contribution in [-0.4, -0.2) is 34.5 Å². The summed E-state index contributed by atoms with van der Waals surface area (Å²) in [4.78, 5) is 8.02. The minimum Gasteiger partial charge on any atom is -0.383 e. The molecular formula is C10H16N4O2S. The lowest BCUT2D eigenvalue weighted by Crippen LogP contribution is -2.40. The lowest BCUT2D eigenvalue weighted by atomic mass is 10.1. The molecule has 6 nitrogen and oxygen atoms in total. The first-order chi connectivity index (χ1) is 7.93. The maximum Gasteiger partial charge on any atom is 0.216 e. The van der Waals surface area contributed by atoms with Crippen LogP contribution in [0, 0.1) is 0 Å². The first-order valence-corrected chi connectivity index (χ1v) is 7.00. The third-order valence-electron chi connectivity index (χ3n) is 2.96. The van der Waals surface area contributed by atoms with E-state index in [0.717, 1.165) is 5.56 Å². The van der Waals surface area contributed by atoms with Crippen molar-refractivity contribution in [3.05, 3.63) is 17.6 Å². The molecule has 0 aromatic carbocycles. The second-order valence-corrected chi connectivity index (χ2v) is 6.85. The number of nitrogens with two attached hydrogens (primary N) is 1. The zero-order valence-corrected chi connectivity index (χ0v) is 10.7. The highest BCUT2D eigenvalue weighted by Crippen LogP contribution is 2.23. The van der Waals surface area contributed by atoms with Crippen LogP contribution in [0.25, 0.3) is 0 Å². The lowest BCUT2D eigenvalue weighted by molar-refractivity contribution is 0.381. The molecular weight excluding hydrogens is 240 g/mol. The Balaban J connectivity index is 2.32. The van der Waals surface area contributed by atoms with Crippen LogP contribution in [-0.2, 0) is 23.0 Å². The smallest absolute Gasteiger partial charge is 0.216 e. The second-order valence-electron chi connectivity index (χ2n) is 4.36. The van der Waals surface area contributed by atoms with E-state index in [0.29, 0.717) is 31.0 Å². The topological polar surface area (TPSA) is 89.2 Å². The highest BCUT2D eigenvalue weighted by molar-refractivity contribution is 7.89. The Kier molecular flexibility index (Phi) is 3.05. The van der Waals surface area contributed by atoms with Gasteiger partial charge in [0.1, 0.15) is 12.1 Å². The van der Waals surface area contributed by atoms with Crippen molar-refractivity contribution >= 4 is 15.8 Å². The highest BCUT2D eigenvalue weighted by atomic mass is 32.2. The summed E-state index contributed by atoms with van der Waals surface area (Å²) in [6.45, 7) is 4.10. The van der Waals surface area contributed by atoms with Gasteiger partial charge in [-0.2, -0.15) is 4.31 Å². The van der Waals surface area contributed by atoms with E-state index in [9.17, 15) is 8.42 Å². The Morgan fingerprint density at radius 2 is 2.12 bits per heavy atom. The number of nitrogens with zero attached hydrogens (tertiary/aromatic N) is 3. The molecule has 0 atom stereocenters. The van der Waals surface area contributed by atoms with Crippen molar-refractivity contribution in [2.75, 3.05) is 12.3 Å². The van der Waals surface area contributed by atoms with Gasteiger partial charge < -0.3 is 5.73 Å². The minimum absolute atomic E-state index is 0.294. The van der Waals surface area contributed by atoms with Gasteiger partial charge in [-0.3, -0.25) is 0 Å². The number of hydrogen-bond acceptors (Lipinski definition) is 5. The summed E-state index contributed by atoms with van der Waals surface area (Å²) < 4.78 is 25.5. The van der Waals surface area contributed by atoms with Crippen molar-refractivity contribution in [1.29, 1.82) is 0 Å². The molecule has 2 rings (SSSR count). The zero-order valence-electron chi connectivity index (χ0n) is 9.92. The van der Waals surface area contributed by atoms with Gasteiger partial charge >= 0.3 is 0 Å².